The summed E-state index contributed by atoms with van der Waals surface area (Å²) in [5.41, 5.74) is 4.89. The van der Waals surface area contributed by atoms with Gasteiger partial charge in [0, 0.05) is 12.8 Å². The molecule has 1 aliphatic carbocycles. The molecule has 0 radical (unpaired) electrons. The Hall–Kier alpha value is -2.15. The highest BCUT2D eigenvalue weighted by molar-refractivity contribution is 5.99. The lowest BCUT2D eigenvalue weighted by atomic mass is 9.97. The first kappa shape index (κ1) is 12.9. The number of benzene rings is 2. The summed E-state index contributed by atoms with van der Waals surface area (Å²) in [5.74, 6) is 0.333. The van der Waals surface area contributed by atoms with E-state index < -0.39 is 0 Å². The molecular formula is C19H18O. The summed E-state index contributed by atoms with van der Waals surface area (Å²) >= 11 is 0. The summed E-state index contributed by atoms with van der Waals surface area (Å²) in [6.45, 7) is 0. The lowest BCUT2D eigenvalue weighted by molar-refractivity contribution is -0.115. The van der Waals surface area contributed by atoms with Crippen LogP contribution in [0.15, 0.2) is 71.8 Å². The molecule has 2 aromatic carbocycles. The van der Waals surface area contributed by atoms with Gasteiger partial charge in [-0.2, -0.15) is 0 Å². The van der Waals surface area contributed by atoms with Crippen LogP contribution in [0.25, 0.3) is 0 Å². The van der Waals surface area contributed by atoms with Crippen molar-refractivity contribution in [1.29, 1.82) is 0 Å². The van der Waals surface area contributed by atoms with Crippen LogP contribution in [0.5, 0.6) is 0 Å². The Morgan fingerprint density at radius 2 is 1.25 bits per heavy atom. The van der Waals surface area contributed by atoms with E-state index >= 15 is 0 Å². The number of rotatable bonds is 4. The smallest absolute Gasteiger partial charge is 0.159 e. The maximum absolute atomic E-state index is 12.1. The summed E-state index contributed by atoms with van der Waals surface area (Å²) in [4.78, 5) is 12.1. The summed E-state index contributed by atoms with van der Waals surface area (Å²) in [6, 6.07) is 20.7. The van der Waals surface area contributed by atoms with Crippen molar-refractivity contribution in [3.05, 3.63) is 82.9 Å². The largest absolute Gasteiger partial charge is 0.295 e. The summed E-state index contributed by atoms with van der Waals surface area (Å²) < 4.78 is 0. The van der Waals surface area contributed by atoms with Crippen LogP contribution in [0.3, 0.4) is 0 Å². The first-order chi connectivity index (χ1) is 9.83. The highest BCUT2D eigenvalue weighted by Gasteiger charge is 2.22. The molecule has 0 bridgehead atoms. The van der Waals surface area contributed by atoms with E-state index in [1.807, 2.05) is 24.3 Å². The zero-order valence-corrected chi connectivity index (χ0v) is 11.5. The molecule has 0 atom stereocenters. The van der Waals surface area contributed by atoms with E-state index in [0.717, 1.165) is 24.8 Å². The van der Waals surface area contributed by atoms with Crippen molar-refractivity contribution < 1.29 is 4.79 Å². The summed E-state index contributed by atoms with van der Waals surface area (Å²) in [6.07, 6.45) is 3.30. The van der Waals surface area contributed by atoms with Crippen molar-refractivity contribution in [2.75, 3.05) is 0 Å². The average Bonchev–Trinajstić information content (AvgIpc) is 2.83. The van der Waals surface area contributed by atoms with Crippen LogP contribution in [0.1, 0.15) is 24.0 Å². The van der Waals surface area contributed by atoms with Crippen LogP contribution in [-0.4, -0.2) is 5.78 Å². The van der Waals surface area contributed by atoms with Crippen molar-refractivity contribution in [2.24, 2.45) is 0 Å². The average molecular weight is 262 g/mol. The number of carbonyl (C=O) groups excluding carboxylic acids is 1. The topological polar surface area (TPSA) is 17.1 Å². The first-order valence-electron chi connectivity index (χ1n) is 7.15. The molecule has 0 fully saturated rings. The fourth-order valence-electron chi connectivity index (χ4n) is 2.82. The molecule has 100 valence electrons. The van der Waals surface area contributed by atoms with Gasteiger partial charge in [-0.15, -0.1) is 0 Å². The molecule has 0 unspecified atom stereocenters. The van der Waals surface area contributed by atoms with Crippen LogP contribution in [0.4, 0.5) is 0 Å². The van der Waals surface area contributed by atoms with Crippen molar-refractivity contribution in [1.82, 2.24) is 0 Å². The van der Waals surface area contributed by atoms with E-state index in [-0.39, 0.29) is 0 Å². The van der Waals surface area contributed by atoms with Gasteiger partial charge in [0.1, 0.15) is 0 Å². The Bertz CT molecular complexity index is 623. The lowest BCUT2D eigenvalue weighted by Crippen LogP contribution is -2.01. The zero-order chi connectivity index (χ0) is 13.8. The molecule has 0 N–H and O–H groups in total. The van der Waals surface area contributed by atoms with Gasteiger partial charge in [0.2, 0.25) is 0 Å². The van der Waals surface area contributed by atoms with Crippen LogP contribution >= 0.6 is 0 Å². The highest BCUT2D eigenvalue weighted by atomic mass is 16.1. The molecule has 0 spiro atoms. The fourth-order valence-corrected chi connectivity index (χ4v) is 2.82. The summed E-state index contributed by atoms with van der Waals surface area (Å²) in [5, 5.41) is 0. The first-order valence-corrected chi connectivity index (χ1v) is 7.15. The lowest BCUT2D eigenvalue weighted by Gasteiger charge is -2.07. The molecule has 1 aliphatic rings. The minimum absolute atomic E-state index is 0.333. The predicted octanol–water partition coefficient (Wildman–Crippen LogP) is 4.13. The molecule has 1 heteroatoms. The van der Waals surface area contributed by atoms with Crippen LogP contribution in [0, 0.1) is 0 Å². The highest BCUT2D eigenvalue weighted by Crippen LogP contribution is 2.28. The van der Waals surface area contributed by atoms with E-state index in [1.54, 1.807) is 0 Å². The molecule has 3 rings (SSSR count). The summed E-state index contributed by atoms with van der Waals surface area (Å²) in [7, 11) is 0. The van der Waals surface area contributed by atoms with Gasteiger partial charge in [0.25, 0.3) is 0 Å². The Kier molecular flexibility index (Phi) is 3.78. The molecule has 2 aromatic rings. The third-order valence-electron chi connectivity index (χ3n) is 3.90. The maximum Gasteiger partial charge on any atom is 0.159 e. The van der Waals surface area contributed by atoms with E-state index in [0.29, 0.717) is 12.2 Å². The number of Topliss-reactive ketones (excluding diaryl/α,β-unsaturated/α-hetero) is 1. The van der Waals surface area contributed by atoms with Gasteiger partial charge in [-0.1, -0.05) is 66.2 Å². The van der Waals surface area contributed by atoms with Gasteiger partial charge < -0.3 is 0 Å². The number of ketones is 1. The standard InChI is InChI=1S/C19H18O/c20-19-12-11-17(13-15-7-3-1-4-8-15)18(19)14-16-9-5-2-6-10-16/h1-10H,11-14H2. The monoisotopic (exact) mass is 262 g/mol. The quantitative estimate of drug-likeness (QED) is 0.809. The van der Waals surface area contributed by atoms with Gasteiger partial charge >= 0.3 is 0 Å². The van der Waals surface area contributed by atoms with Crippen LogP contribution < -0.4 is 0 Å². The van der Waals surface area contributed by atoms with E-state index in [2.05, 4.69) is 36.4 Å². The normalized spacial score (nSPS) is 14.9. The second kappa shape index (κ2) is 5.87. The zero-order valence-electron chi connectivity index (χ0n) is 11.5. The minimum Gasteiger partial charge on any atom is -0.295 e. The Morgan fingerprint density at radius 1 is 0.700 bits per heavy atom. The number of hydrogen-bond acceptors (Lipinski definition) is 1. The minimum atomic E-state index is 0.333. The third kappa shape index (κ3) is 2.88. The second-order valence-corrected chi connectivity index (χ2v) is 5.33. The molecule has 0 heterocycles. The molecular weight excluding hydrogens is 244 g/mol. The fraction of sp³-hybridized carbons (Fsp3) is 0.211. The number of hydrogen-bond donors (Lipinski definition) is 0. The molecule has 0 saturated carbocycles. The van der Waals surface area contributed by atoms with Gasteiger partial charge in [-0.05, 0) is 29.5 Å². The Labute approximate surface area is 120 Å². The predicted molar refractivity (Wildman–Crippen MR) is 81.6 cm³/mol. The number of allylic oxidation sites excluding steroid dienone is 2. The third-order valence-corrected chi connectivity index (χ3v) is 3.90. The number of carbonyl (C=O) groups is 1. The van der Waals surface area contributed by atoms with Crippen molar-refractivity contribution >= 4 is 5.78 Å². The Balaban J connectivity index is 1.84. The SMILES string of the molecule is O=C1CCC(Cc2ccccc2)=C1Cc1ccccc1. The van der Waals surface area contributed by atoms with Gasteiger partial charge in [0.15, 0.2) is 5.78 Å². The van der Waals surface area contributed by atoms with Gasteiger partial charge in [-0.3, -0.25) is 4.79 Å². The van der Waals surface area contributed by atoms with Gasteiger partial charge in [-0.25, -0.2) is 0 Å². The molecule has 1 nitrogen and oxygen atoms in total. The van der Waals surface area contributed by atoms with Crippen LogP contribution in [-0.2, 0) is 17.6 Å². The van der Waals surface area contributed by atoms with E-state index in [9.17, 15) is 4.79 Å². The van der Waals surface area contributed by atoms with Crippen LogP contribution in [0.2, 0.25) is 0 Å². The van der Waals surface area contributed by atoms with Crippen molar-refractivity contribution in [3.63, 3.8) is 0 Å². The molecule has 0 saturated heterocycles. The Morgan fingerprint density at radius 3 is 1.85 bits per heavy atom. The molecule has 0 amide bonds. The maximum atomic E-state index is 12.1. The van der Waals surface area contributed by atoms with E-state index in [1.165, 1.54) is 16.7 Å². The second-order valence-electron chi connectivity index (χ2n) is 5.33. The van der Waals surface area contributed by atoms with Crippen molar-refractivity contribution in [3.8, 4) is 0 Å². The molecule has 20 heavy (non-hydrogen) atoms. The molecule has 0 aliphatic heterocycles. The van der Waals surface area contributed by atoms with Gasteiger partial charge in [0.05, 0.1) is 0 Å². The molecule has 0 aromatic heterocycles. The van der Waals surface area contributed by atoms with Crippen molar-refractivity contribution in [2.45, 2.75) is 25.7 Å². The van der Waals surface area contributed by atoms with E-state index in [4.69, 9.17) is 0 Å².